The standard InChI is InChI=1S/C12H20BrN3S/c1-9(2)6-16(7-10-4-3-5-14-10)12-15-11(13)8-17-12/h8-10,14H,3-7H2,1-2H3. The van der Waals surface area contributed by atoms with E-state index in [0.717, 1.165) is 22.8 Å². The number of hydrogen-bond acceptors (Lipinski definition) is 4. The fraction of sp³-hybridized carbons (Fsp3) is 0.750. The topological polar surface area (TPSA) is 28.2 Å². The van der Waals surface area contributed by atoms with Gasteiger partial charge in [-0.2, -0.15) is 0 Å². The Kier molecular flexibility index (Phi) is 4.82. The van der Waals surface area contributed by atoms with Crippen LogP contribution in [0, 0.1) is 5.92 Å². The first-order valence-electron chi connectivity index (χ1n) is 6.24. The second-order valence-electron chi connectivity index (χ2n) is 5.04. The van der Waals surface area contributed by atoms with Gasteiger partial charge < -0.3 is 10.2 Å². The molecule has 2 rings (SSSR count). The Morgan fingerprint density at radius 3 is 3.00 bits per heavy atom. The van der Waals surface area contributed by atoms with Crippen molar-refractivity contribution < 1.29 is 0 Å². The molecule has 17 heavy (non-hydrogen) atoms. The van der Waals surface area contributed by atoms with E-state index in [4.69, 9.17) is 0 Å². The third-order valence-corrected chi connectivity index (χ3v) is 4.53. The molecule has 2 heterocycles. The van der Waals surface area contributed by atoms with Crippen LogP contribution in [0.5, 0.6) is 0 Å². The fourth-order valence-corrected chi connectivity index (χ4v) is 3.51. The third-order valence-electron chi connectivity index (χ3n) is 2.92. The fourth-order valence-electron chi connectivity index (χ4n) is 2.24. The minimum Gasteiger partial charge on any atom is -0.346 e. The number of aromatic nitrogens is 1. The molecular formula is C12H20BrN3S. The first kappa shape index (κ1) is 13.3. The van der Waals surface area contributed by atoms with E-state index in [-0.39, 0.29) is 0 Å². The lowest BCUT2D eigenvalue weighted by molar-refractivity contribution is 0.540. The molecule has 0 saturated carbocycles. The highest BCUT2D eigenvalue weighted by Gasteiger charge is 2.20. The quantitative estimate of drug-likeness (QED) is 0.904. The maximum absolute atomic E-state index is 4.54. The zero-order chi connectivity index (χ0) is 12.3. The van der Waals surface area contributed by atoms with E-state index in [9.17, 15) is 0 Å². The van der Waals surface area contributed by atoms with Crippen molar-refractivity contribution in [2.75, 3.05) is 24.5 Å². The van der Waals surface area contributed by atoms with E-state index < -0.39 is 0 Å². The first-order chi connectivity index (χ1) is 8.15. The van der Waals surface area contributed by atoms with Crippen molar-refractivity contribution in [2.24, 2.45) is 5.92 Å². The molecule has 1 atom stereocenters. The van der Waals surface area contributed by atoms with E-state index in [2.05, 4.69) is 50.4 Å². The number of halogens is 1. The number of thiazole rings is 1. The number of rotatable bonds is 5. The highest BCUT2D eigenvalue weighted by Crippen LogP contribution is 2.25. The van der Waals surface area contributed by atoms with Crippen LogP contribution in [0.2, 0.25) is 0 Å². The minimum atomic E-state index is 0.636. The molecule has 1 aliphatic rings. The van der Waals surface area contributed by atoms with Crippen molar-refractivity contribution in [1.82, 2.24) is 10.3 Å². The number of anilines is 1. The van der Waals surface area contributed by atoms with Crippen molar-refractivity contribution in [3.05, 3.63) is 9.98 Å². The van der Waals surface area contributed by atoms with Gasteiger partial charge in [-0.1, -0.05) is 13.8 Å². The van der Waals surface area contributed by atoms with E-state index in [1.54, 1.807) is 11.3 Å². The normalized spacial score (nSPS) is 20.1. The first-order valence-corrected chi connectivity index (χ1v) is 7.92. The molecule has 1 aromatic heterocycles. The molecular weight excluding hydrogens is 298 g/mol. The summed E-state index contributed by atoms with van der Waals surface area (Å²) in [4.78, 5) is 6.96. The molecule has 5 heteroatoms. The highest BCUT2D eigenvalue weighted by molar-refractivity contribution is 9.10. The molecule has 1 unspecified atom stereocenters. The summed E-state index contributed by atoms with van der Waals surface area (Å²) in [6.07, 6.45) is 2.60. The summed E-state index contributed by atoms with van der Waals surface area (Å²) in [7, 11) is 0. The summed E-state index contributed by atoms with van der Waals surface area (Å²) in [5.74, 6) is 0.666. The molecule has 1 aliphatic heterocycles. The van der Waals surface area contributed by atoms with Gasteiger partial charge in [0.2, 0.25) is 0 Å². The molecule has 0 bridgehead atoms. The number of nitrogens with one attached hydrogen (secondary N) is 1. The Bertz CT molecular complexity index is 347. The van der Waals surface area contributed by atoms with Gasteiger partial charge in [-0.3, -0.25) is 0 Å². The van der Waals surface area contributed by atoms with Crippen LogP contribution < -0.4 is 10.2 Å². The van der Waals surface area contributed by atoms with Crippen molar-refractivity contribution in [1.29, 1.82) is 0 Å². The summed E-state index contributed by atoms with van der Waals surface area (Å²) in [5, 5.41) is 6.76. The van der Waals surface area contributed by atoms with Crippen molar-refractivity contribution in [3.8, 4) is 0 Å². The largest absolute Gasteiger partial charge is 0.346 e. The molecule has 0 aromatic carbocycles. The smallest absolute Gasteiger partial charge is 0.186 e. The van der Waals surface area contributed by atoms with Crippen molar-refractivity contribution >= 4 is 32.4 Å². The zero-order valence-corrected chi connectivity index (χ0v) is 12.9. The van der Waals surface area contributed by atoms with Crippen molar-refractivity contribution in [3.63, 3.8) is 0 Å². The molecule has 0 spiro atoms. The maximum Gasteiger partial charge on any atom is 0.186 e. The number of hydrogen-bond donors (Lipinski definition) is 1. The van der Waals surface area contributed by atoms with Gasteiger partial charge in [0.15, 0.2) is 5.13 Å². The van der Waals surface area contributed by atoms with Gasteiger partial charge >= 0.3 is 0 Å². The van der Waals surface area contributed by atoms with Crippen LogP contribution in [0.3, 0.4) is 0 Å². The molecule has 1 aromatic rings. The molecule has 1 N–H and O–H groups in total. The summed E-state index contributed by atoms with van der Waals surface area (Å²) >= 11 is 5.16. The van der Waals surface area contributed by atoms with Gasteiger partial charge in [0.05, 0.1) is 0 Å². The highest BCUT2D eigenvalue weighted by atomic mass is 79.9. The second-order valence-corrected chi connectivity index (χ2v) is 6.69. The SMILES string of the molecule is CC(C)CN(CC1CCCN1)c1nc(Br)cs1. The minimum absolute atomic E-state index is 0.636. The van der Waals surface area contributed by atoms with Crippen LogP contribution in [0.4, 0.5) is 5.13 Å². The van der Waals surface area contributed by atoms with Crippen LogP contribution in [-0.2, 0) is 0 Å². The Labute approximate surface area is 116 Å². The van der Waals surface area contributed by atoms with Crippen LogP contribution >= 0.6 is 27.3 Å². The summed E-state index contributed by atoms with van der Waals surface area (Å²) in [5.41, 5.74) is 0. The van der Waals surface area contributed by atoms with E-state index >= 15 is 0 Å². The van der Waals surface area contributed by atoms with E-state index in [0.29, 0.717) is 12.0 Å². The van der Waals surface area contributed by atoms with Crippen LogP contribution in [0.15, 0.2) is 9.98 Å². The Morgan fingerprint density at radius 1 is 1.65 bits per heavy atom. The molecule has 0 radical (unpaired) electrons. The predicted octanol–water partition coefficient (Wildman–Crippen LogP) is 3.12. The van der Waals surface area contributed by atoms with Gasteiger partial charge in [0.25, 0.3) is 0 Å². The van der Waals surface area contributed by atoms with Crippen LogP contribution in [0.1, 0.15) is 26.7 Å². The van der Waals surface area contributed by atoms with Gasteiger partial charge in [0, 0.05) is 24.5 Å². The monoisotopic (exact) mass is 317 g/mol. The molecule has 3 nitrogen and oxygen atoms in total. The molecule has 96 valence electrons. The lowest BCUT2D eigenvalue weighted by atomic mass is 10.2. The van der Waals surface area contributed by atoms with Gasteiger partial charge in [-0.15, -0.1) is 11.3 Å². The van der Waals surface area contributed by atoms with E-state index in [1.165, 1.54) is 19.4 Å². The Balaban J connectivity index is 2.01. The Morgan fingerprint density at radius 2 is 2.47 bits per heavy atom. The predicted molar refractivity (Wildman–Crippen MR) is 77.9 cm³/mol. The van der Waals surface area contributed by atoms with Crippen LogP contribution in [0.25, 0.3) is 0 Å². The van der Waals surface area contributed by atoms with Crippen molar-refractivity contribution in [2.45, 2.75) is 32.7 Å². The van der Waals surface area contributed by atoms with Gasteiger partial charge in [-0.05, 0) is 41.2 Å². The average molecular weight is 318 g/mol. The van der Waals surface area contributed by atoms with Crippen LogP contribution in [-0.4, -0.2) is 30.7 Å². The molecule has 1 saturated heterocycles. The summed E-state index contributed by atoms with van der Waals surface area (Å²) in [6.45, 7) is 7.85. The van der Waals surface area contributed by atoms with E-state index in [1.807, 2.05) is 0 Å². The molecule has 1 fully saturated rings. The lowest BCUT2D eigenvalue weighted by Crippen LogP contribution is -2.39. The third kappa shape index (κ3) is 3.93. The zero-order valence-electron chi connectivity index (χ0n) is 10.4. The van der Waals surface area contributed by atoms with Gasteiger partial charge in [0.1, 0.15) is 4.60 Å². The summed E-state index contributed by atoms with van der Waals surface area (Å²) in [6, 6.07) is 0.636. The lowest BCUT2D eigenvalue weighted by Gasteiger charge is -2.26. The molecule has 0 aliphatic carbocycles. The average Bonchev–Trinajstić information content (AvgIpc) is 2.87. The molecule has 0 amide bonds. The number of nitrogens with zero attached hydrogens (tertiary/aromatic N) is 2. The summed E-state index contributed by atoms with van der Waals surface area (Å²) < 4.78 is 0.950. The van der Waals surface area contributed by atoms with Gasteiger partial charge in [-0.25, -0.2) is 4.98 Å². The maximum atomic E-state index is 4.54. The second kappa shape index (κ2) is 6.16. The Hall–Kier alpha value is -0.130.